The summed E-state index contributed by atoms with van der Waals surface area (Å²) in [4.78, 5) is 2.18. The predicted molar refractivity (Wildman–Crippen MR) is 70.4 cm³/mol. The van der Waals surface area contributed by atoms with Crippen molar-refractivity contribution in [3.63, 3.8) is 0 Å². The van der Waals surface area contributed by atoms with Gasteiger partial charge in [0.2, 0.25) is 0 Å². The molecule has 112 valence electrons. The Morgan fingerprint density at radius 3 is 2.90 bits per heavy atom. The van der Waals surface area contributed by atoms with Crippen molar-refractivity contribution >= 4 is 0 Å². The second-order valence-electron chi connectivity index (χ2n) is 5.08. The van der Waals surface area contributed by atoms with E-state index in [1.165, 1.54) is 12.1 Å². The van der Waals surface area contributed by atoms with Crippen LogP contribution in [0.25, 0.3) is 0 Å². The van der Waals surface area contributed by atoms with Crippen LogP contribution in [-0.4, -0.2) is 44.3 Å². The van der Waals surface area contributed by atoms with E-state index in [4.69, 9.17) is 4.74 Å². The number of halogens is 3. The van der Waals surface area contributed by atoms with Gasteiger partial charge < -0.3 is 15.0 Å². The number of alkyl halides is 3. The molecule has 1 aliphatic rings. The van der Waals surface area contributed by atoms with Gasteiger partial charge in [-0.15, -0.1) is 0 Å². The lowest BCUT2D eigenvalue weighted by molar-refractivity contribution is -0.137. The van der Waals surface area contributed by atoms with Gasteiger partial charge in [-0.1, -0.05) is 18.2 Å². The lowest BCUT2D eigenvalue weighted by Crippen LogP contribution is -2.44. The molecule has 1 heterocycles. The first-order valence-corrected chi connectivity index (χ1v) is 6.62. The third-order valence-electron chi connectivity index (χ3n) is 3.30. The maximum Gasteiger partial charge on any atom is 0.416 e. The quantitative estimate of drug-likeness (QED) is 0.918. The molecule has 0 unspecified atom stereocenters. The van der Waals surface area contributed by atoms with Crippen LogP contribution in [0.5, 0.6) is 0 Å². The van der Waals surface area contributed by atoms with Crippen LogP contribution < -0.4 is 5.32 Å². The van der Waals surface area contributed by atoms with Crippen LogP contribution in [0.2, 0.25) is 0 Å². The number of nitrogens with one attached hydrogen (secondary N) is 1. The summed E-state index contributed by atoms with van der Waals surface area (Å²) in [6.45, 7) is 3.51. The monoisotopic (exact) mass is 288 g/mol. The average Bonchev–Trinajstić information content (AvgIpc) is 2.38. The van der Waals surface area contributed by atoms with Crippen LogP contribution in [0, 0.1) is 0 Å². The van der Waals surface area contributed by atoms with Crippen molar-refractivity contribution in [3.8, 4) is 0 Å². The Labute approximate surface area is 116 Å². The SMILES string of the molecule is CN1CCO[C@@H](CNCc2cccc(C(F)(F)F)c2)C1. The predicted octanol–water partition coefficient (Wildman–Crippen LogP) is 2.13. The number of hydrogen-bond acceptors (Lipinski definition) is 3. The molecule has 0 spiro atoms. The van der Waals surface area contributed by atoms with Crippen LogP contribution in [0.1, 0.15) is 11.1 Å². The van der Waals surface area contributed by atoms with Gasteiger partial charge in [-0.05, 0) is 18.7 Å². The number of benzene rings is 1. The van der Waals surface area contributed by atoms with Crippen molar-refractivity contribution in [2.45, 2.75) is 18.8 Å². The van der Waals surface area contributed by atoms with E-state index < -0.39 is 11.7 Å². The standard InChI is InChI=1S/C14H19F3N2O/c1-19-5-6-20-13(10-19)9-18-8-11-3-2-4-12(7-11)14(15,16)17/h2-4,7,13,18H,5-6,8-10H2,1H3/t13-/m0/s1. The minimum absolute atomic E-state index is 0.0968. The highest BCUT2D eigenvalue weighted by Crippen LogP contribution is 2.29. The number of hydrogen-bond donors (Lipinski definition) is 1. The molecule has 0 bridgehead atoms. The van der Waals surface area contributed by atoms with E-state index in [1.54, 1.807) is 6.07 Å². The van der Waals surface area contributed by atoms with Gasteiger partial charge in [0.05, 0.1) is 18.3 Å². The highest BCUT2D eigenvalue weighted by molar-refractivity contribution is 5.25. The van der Waals surface area contributed by atoms with E-state index in [1.807, 2.05) is 7.05 Å². The topological polar surface area (TPSA) is 24.5 Å². The van der Waals surface area contributed by atoms with Crippen LogP contribution in [-0.2, 0) is 17.5 Å². The molecule has 1 atom stereocenters. The lowest BCUT2D eigenvalue weighted by Gasteiger charge is -2.30. The van der Waals surface area contributed by atoms with E-state index in [-0.39, 0.29) is 6.10 Å². The number of ether oxygens (including phenoxy) is 1. The molecule has 0 saturated carbocycles. The lowest BCUT2D eigenvalue weighted by atomic mass is 10.1. The third-order valence-corrected chi connectivity index (χ3v) is 3.30. The van der Waals surface area contributed by atoms with Crippen molar-refractivity contribution in [3.05, 3.63) is 35.4 Å². The Morgan fingerprint density at radius 1 is 1.40 bits per heavy atom. The molecule has 0 aromatic heterocycles. The molecule has 3 nitrogen and oxygen atoms in total. The van der Waals surface area contributed by atoms with Gasteiger partial charge in [0, 0.05) is 26.2 Å². The zero-order valence-corrected chi connectivity index (χ0v) is 11.4. The fraction of sp³-hybridized carbons (Fsp3) is 0.571. The largest absolute Gasteiger partial charge is 0.416 e. The van der Waals surface area contributed by atoms with Gasteiger partial charge in [-0.25, -0.2) is 0 Å². The summed E-state index contributed by atoms with van der Waals surface area (Å²) in [5, 5.41) is 3.15. The van der Waals surface area contributed by atoms with Gasteiger partial charge >= 0.3 is 6.18 Å². The molecule has 1 saturated heterocycles. The Morgan fingerprint density at radius 2 is 2.20 bits per heavy atom. The van der Waals surface area contributed by atoms with Crippen molar-refractivity contribution < 1.29 is 17.9 Å². The third kappa shape index (κ3) is 4.47. The summed E-state index contributed by atoms with van der Waals surface area (Å²) < 4.78 is 43.3. The number of nitrogens with zero attached hydrogens (tertiary/aromatic N) is 1. The van der Waals surface area contributed by atoms with Gasteiger partial charge in [-0.2, -0.15) is 13.2 Å². The Balaban J connectivity index is 1.82. The molecule has 1 fully saturated rings. The number of rotatable bonds is 4. The summed E-state index contributed by atoms with van der Waals surface area (Å²) in [6, 6.07) is 5.39. The van der Waals surface area contributed by atoms with Gasteiger partial charge in [0.1, 0.15) is 0 Å². The number of likely N-dealkylation sites (N-methyl/N-ethyl adjacent to an activating group) is 1. The molecule has 0 aliphatic carbocycles. The molecule has 1 aliphatic heterocycles. The first-order chi connectivity index (χ1) is 9.45. The van der Waals surface area contributed by atoms with Crippen molar-refractivity contribution in [2.75, 3.05) is 33.3 Å². The second kappa shape index (κ2) is 6.56. The minimum Gasteiger partial charge on any atom is -0.374 e. The Bertz CT molecular complexity index is 437. The van der Waals surface area contributed by atoms with Gasteiger partial charge in [0.15, 0.2) is 0 Å². The van der Waals surface area contributed by atoms with Crippen LogP contribution in [0.4, 0.5) is 13.2 Å². The molecular formula is C14H19F3N2O. The van der Waals surface area contributed by atoms with Gasteiger partial charge in [0.25, 0.3) is 0 Å². The molecule has 20 heavy (non-hydrogen) atoms. The van der Waals surface area contributed by atoms with Crippen molar-refractivity contribution in [1.29, 1.82) is 0 Å². The van der Waals surface area contributed by atoms with Crippen LogP contribution in [0.3, 0.4) is 0 Å². The van der Waals surface area contributed by atoms with Gasteiger partial charge in [-0.3, -0.25) is 0 Å². The Hall–Kier alpha value is -1.11. The molecule has 1 aromatic carbocycles. The first-order valence-electron chi connectivity index (χ1n) is 6.62. The maximum absolute atomic E-state index is 12.6. The molecule has 1 N–H and O–H groups in total. The van der Waals surface area contributed by atoms with E-state index in [0.717, 1.165) is 19.2 Å². The summed E-state index contributed by atoms with van der Waals surface area (Å²) in [7, 11) is 2.03. The summed E-state index contributed by atoms with van der Waals surface area (Å²) in [6.07, 6.45) is -4.19. The van der Waals surface area contributed by atoms with E-state index >= 15 is 0 Å². The van der Waals surface area contributed by atoms with E-state index in [0.29, 0.717) is 25.3 Å². The molecule has 0 radical (unpaired) electrons. The zero-order valence-electron chi connectivity index (χ0n) is 11.4. The Kier molecular flexibility index (Phi) is 5.01. The average molecular weight is 288 g/mol. The fourth-order valence-electron chi connectivity index (χ4n) is 2.23. The van der Waals surface area contributed by atoms with E-state index in [2.05, 4.69) is 10.2 Å². The fourth-order valence-corrected chi connectivity index (χ4v) is 2.23. The molecule has 2 rings (SSSR count). The maximum atomic E-state index is 12.6. The summed E-state index contributed by atoms with van der Waals surface area (Å²) in [5.74, 6) is 0. The molecule has 0 amide bonds. The minimum atomic E-state index is -4.29. The highest BCUT2D eigenvalue weighted by atomic mass is 19.4. The zero-order chi connectivity index (χ0) is 14.6. The van der Waals surface area contributed by atoms with Crippen LogP contribution >= 0.6 is 0 Å². The molecule has 1 aromatic rings. The smallest absolute Gasteiger partial charge is 0.374 e. The summed E-state index contributed by atoms with van der Waals surface area (Å²) >= 11 is 0. The molecular weight excluding hydrogens is 269 g/mol. The van der Waals surface area contributed by atoms with E-state index in [9.17, 15) is 13.2 Å². The van der Waals surface area contributed by atoms with Crippen molar-refractivity contribution in [2.24, 2.45) is 0 Å². The van der Waals surface area contributed by atoms with Crippen LogP contribution in [0.15, 0.2) is 24.3 Å². The highest BCUT2D eigenvalue weighted by Gasteiger charge is 2.30. The van der Waals surface area contributed by atoms with Crippen molar-refractivity contribution in [1.82, 2.24) is 10.2 Å². The second-order valence-corrected chi connectivity index (χ2v) is 5.08. The summed E-state index contributed by atoms with van der Waals surface area (Å²) in [5.41, 5.74) is 0.0226. The normalized spacial score (nSPS) is 21.1. The first kappa shape index (κ1) is 15.3. The molecule has 6 heteroatoms. The number of morpholine rings is 1.